The number of carbonyl (C=O) groups is 3. The third-order valence-corrected chi connectivity index (χ3v) is 12.5. The van der Waals surface area contributed by atoms with Crippen molar-refractivity contribution in [2.75, 3.05) is 26.8 Å². The molecule has 1 aromatic rings. The first-order valence-electron chi connectivity index (χ1n) is 21.7. The first-order chi connectivity index (χ1) is 28.3. The summed E-state index contributed by atoms with van der Waals surface area (Å²) in [6.07, 6.45) is -5.50. The van der Waals surface area contributed by atoms with E-state index in [9.17, 15) is 24.6 Å². The number of aliphatic hydroxyl groups is 2. The number of ketones is 1. The van der Waals surface area contributed by atoms with Crippen molar-refractivity contribution in [2.24, 2.45) is 33.3 Å². The molecule has 2 bridgehead atoms. The number of rotatable bonds is 9. The second-order valence-electron chi connectivity index (χ2n) is 19.3. The molecule has 0 aromatic heterocycles. The number of likely N-dealkylation sites (N-methyl/N-ethyl adjacent to an activating group) is 1. The van der Waals surface area contributed by atoms with Crippen LogP contribution in [0, 0.1) is 23.2 Å². The Hall–Kier alpha value is -3.18. The quantitative estimate of drug-likeness (QED) is 0.168. The molecular weight excluding hydrogens is 790 g/mol. The number of aliphatic hydroxyl groups excluding tert-OH is 1. The molecule has 13 atom stereocenters. The first-order valence-corrected chi connectivity index (χ1v) is 21.7. The van der Waals surface area contributed by atoms with E-state index in [0.717, 1.165) is 18.9 Å². The molecular formula is C46H72FN3O11. The zero-order valence-corrected chi connectivity index (χ0v) is 38.6. The standard InChI is InChI=1S/C46H72FN3O11/c1-14-35-46(12,55)40-29(4)36(48-31(6)51)27(2)23-44(10,57-26-33(25-56-40)49-58-24-32-18-16-15-17-19-32)39(30(5)38(53)45(11,47)42(54)60-35)61-41-37(52)34(22-28(3)59-41)50(13)21-20-43(7,8)9/h15-19,27-30,34-35,37,39-41,52,55H,14,20-26H2,1-13H3/b48-36?,49-33+/t27-,28-,29+,30+,34+,35-,37-,39-,40-,41+,44-,45+,46-/m1/s1. The summed E-state index contributed by atoms with van der Waals surface area (Å²) in [5.74, 6) is -6.00. The van der Waals surface area contributed by atoms with Crippen LogP contribution in [0.5, 0.6) is 0 Å². The van der Waals surface area contributed by atoms with Crippen LogP contribution in [-0.2, 0) is 49.5 Å². The number of alkyl halides is 1. The lowest BCUT2D eigenvalue weighted by Gasteiger charge is -2.48. The molecule has 1 amide bonds. The second-order valence-corrected chi connectivity index (χ2v) is 19.3. The zero-order chi connectivity index (χ0) is 45.7. The van der Waals surface area contributed by atoms with Crippen LogP contribution >= 0.6 is 0 Å². The van der Waals surface area contributed by atoms with Crippen LogP contribution in [0.2, 0.25) is 0 Å². The lowest BCUT2D eigenvalue weighted by Crippen LogP contribution is -2.61. The Morgan fingerprint density at radius 2 is 1.70 bits per heavy atom. The van der Waals surface area contributed by atoms with Gasteiger partial charge >= 0.3 is 5.97 Å². The van der Waals surface area contributed by atoms with Crippen LogP contribution in [0.1, 0.15) is 114 Å². The lowest BCUT2D eigenvalue weighted by molar-refractivity contribution is -0.297. The van der Waals surface area contributed by atoms with Crippen LogP contribution in [0.4, 0.5) is 4.39 Å². The SMILES string of the molecule is CC[C@H]1OC(=O)[C@@](C)(F)C(=O)[C@H](C)[C@@H](O[C@@H]2O[C@H](C)C[C@H](N(C)CCC(C)(C)C)[C@H]2O)[C@@]2(C)C[C@@H](C)C(=NC(C)=O)[C@H](C)[C@@H](OC/C(=N\OCc3ccccc3)CO2)[C@]1(C)O. The number of carbonyl (C=O) groups excluding carboxylic acids is 3. The van der Waals surface area contributed by atoms with Crippen LogP contribution in [0.15, 0.2) is 40.5 Å². The van der Waals surface area contributed by atoms with Gasteiger partial charge in [0, 0.05) is 30.5 Å². The number of Topliss-reactive ketones (excluding diaryl/α,β-unsaturated/α-hetero) is 1. The van der Waals surface area contributed by atoms with Crippen molar-refractivity contribution in [3.05, 3.63) is 35.9 Å². The smallest absolute Gasteiger partial charge is 0.351 e. The number of halogens is 1. The Morgan fingerprint density at radius 3 is 2.31 bits per heavy atom. The monoisotopic (exact) mass is 862 g/mol. The van der Waals surface area contributed by atoms with Gasteiger partial charge in [0.15, 0.2) is 12.1 Å². The maximum absolute atomic E-state index is 17.0. The summed E-state index contributed by atoms with van der Waals surface area (Å²) in [5.41, 5.74) is -5.29. The molecule has 15 heteroatoms. The van der Waals surface area contributed by atoms with Gasteiger partial charge in [0.1, 0.15) is 30.1 Å². The molecule has 0 aliphatic carbocycles. The van der Waals surface area contributed by atoms with E-state index in [2.05, 4.69) is 35.8 Å². The Labute approximate surface area is 361 Å². The van der Waals surface area contributed by atoms with Gasteiger partial charge in [-0.25, -0.2) is 14.2 Å². The molecule has 3 aliphatic rings. The predicted molar refractivity (Wildman–Crippen MR) is 229 cm³/mol. The minimum Gasteiger partial charge on any atom is -0.457 e. The second kappa shape index (κ2) is 20.5. The number of esters is 1. The van der Waals surface area contributed by atoms with Crippen molar-refractivity contribution in [3.8, 4) is 0 Å². The number of ether oxygens (including phenoxy) is 5. The summed E-state index contributed by atoms with van der Waals surface area (Å²) in [6.45, 7) is 20.6. The number of benzene rings is 1. The van der Waals surface area contributed by atoms with Gasteiger partial charge < -0.3 is 43.6 Å². The molecule has 0 unspecified atom stereocenters. The largest absolute Gasteiger partial charge is 0.457 e. The fourth-order valence-corrected chi connectivity index (χ4v) is 8.98. The molecule has 344 valence electrons. The molecule has 3 saturated heterocycles. The minimum absolute atomic E-state index is 0.00832. The summed E-state index contributed by atoms with van der Waals surface area (Å²) in [6, 6.07) is 9.01. The van der Waals surface area contributed by atoms with Gasteiger partial charge in [-0.15, -0.1) is 0 Å². The van der Waals surface area contributed by atoms with Crippen LogP contribution in [-0.4, -0.2) is 131 Å². The van der Waals surface area contributed by atoms with Crippen LogP contribution < -0.4 is 0 Å². The number of aliphatic imine (C=N–C) groups is 1. The molecule has 3 aliphatic heterocycles. The van der Waals surface area contributed by atoms with E-state index in [-0.39, 0.29) is 49.9 Å². The highest BCUT2D eigenvalue weighted by Crippen LogP contribution is 2.41. The van der Waals surface area contributed by atoms with Crippen molar-refractivity contribution >= 4 is 29.1 Å². The predicted octanol–water partition coefficient (Wildman–Crippen LogP) is 6.02. The molecule has 61 heavy (non-hydrogen) atoms. The van der Waals surface area contributed by atoms with Gasteiger partial charge in [-0.1, -0.05) is 84.0 Å². The topological polar surface area (TPSA) is 175 Å². The number of oxime groups is 1. The average molecular weight is 862 g/mol. The Bertz CT molecular complexity index is 1720. The Kier molecular flexibility index (Phi) is 17.0. The molecule has 2 N–H and O–H groups in total. The summed E-state index contributed by atoms with van der Waals surface area (Å²) in [5, 5.41) is 28.8. The highest BCUT2D eigenvalue weighted by Gasteiger charge is 2.57. The van der Waals surface area contributed by atoms with E-state index in [1.807, 2.05) is 51.2 Å². The molecule has 14 nitrogen and oxygen atoms in total. The molecule has 4 rings (SSSR count). The van der Waals surface area contributed by atoms with E-state index < -0.39 is 89.0 Å². The first kappa shape index (κ1) is 50.5. The molecule has 3 fully saturated rings. The van der Waals surface area contributed by atoms with Gasteiger partial charge in [-0.2, -0.15) is 0 Å². The highest BCUT2D eigenvalue weighted by molar-refractivity contribution is 6.08. The number of cyclic esters (lactones) is 1. The number of hydrogen-bond donors (Lipinski definition) is 2. The van der Waals surface area contributed by atoms with E-state index >= 15 is 4.39 Å². The Morgan fingerprint density at radius 1 is 1.05 bits per heavy atom. The van der Waals surface area contributed by atoms with Crippen molar-refractivity contribution in [1.82, 2.24) is 4.90 Å². The molecule has 0 spiro atoms. The van der Waals surface area contributed by atoms with Gasteiger partial charge in [-0.05, 0) is 83.9 Å². The number of hydrogen-bond acceptors (Lipinski definition) is 13. The number of fused-ring (bicyclic) bond motifs is 5. The van der Waals surface area contributed by atoms with Gasteiger partial charge in [0.2, 0.25) is 5.91 Å². The normalized spacial score (nSPS) is 38.7. The molecule has 0 radical (unpaired) electrons. The minimum atomic E-state index is -3.21. The maximum atomic E-state index is 17.0. The maximum Gasteiger partial charge on any atom is 0.351 e. The number of amides is 1. The van der Waals surface area contributed by atoms with Crippen molar-refractivity contribution in [1.29, 1.82) is 0 Å². The number of nitrogens with zero attached hydrogens (tertiary/aromatic N) is 3. The molecule has 3 heterocycles. The van der Waals surface area contributed by atoms with Crippen LogP contribution in [0.3, 0.4) is 0 Å². The molecule has 0 saturated carbocycles. The third-order valence-electron chi connectivity index (χ3n) is 12.5. The summed E-state index contributed by atoms with van der Waals surface area (Å²) < 4.78 is 49.2. The molecule has 1 aromatic carbocycles. The van der Waals surface area contributed by atoms with Gasteiger partial charge in [0.25, 0.3) is 5.67 Å². The third kappa shape index (κ3) is 12.5. The van der Waals surface area contributed by atoms with Crippen molar-refractivity contribution in [2.45, 2.75) is 175 Å². The zero-order valence-electron chi connectivity index (χ0n) is 38.6. The lowest BCUT2D eigenvalue weighted by atomic mass is 9.73. The van der Waals surface area contributed by atoms with Crippen LogP contribution in [0.25, 0.3) is 0 Å². The van der Waals surface area contributed by atoms with E-state index in [4.69, 9.17) is 28.5 Å². The summed E-state index contributed by atoms with van der Waals surface area (Å²) >= 11 is 0. The Balaban J connectivity index is 1.94. The fourth-order valence-electron chi connectivity index (χ4n) is 8.98. The average Bonchev–Trinajstić information content (AvgIpc) is 3.19. The van der Waals surface area contributed by atoms with Crippen molar-refractivity contribution in [3.63, 3.8) is 0 Å². The van der Waals surface area contributed by atoms with E-state index in [1.165, 1.54) is 20.8 Å². The summed E-state index contributed by atoms with van der Waals surface area (Å²) in [7, 11) is 1.94. The van der Waals surface area contributed by atoms with E-state index in [1.54, 1.807) is 20.8 Å². The van der Waals surface area contributed by atoms with Gasteiger partial charge in [-0.3, -0.25) is 9.59 Å². The fraction of sp³-hybridized carbons (Fsp3) is 0.761. The van der Waals surface area contributed by atoms with Crippen molar-refractivity contribution < 1.29 is 57.5 Å². The highest BCUT2D eigenvalue weighted by atomic mass is 19.1. The van der Waals surface area contributed by atoms with E-state index in [0.29, 0.717) is 18.7 Å². The van der Waals surface area contributed by atoms with Gasteiger partial charge in [0.05, 0.1) is 37.1 Å². The summed E-state index contributed by atoms with van der Waals surface area (Å²) in [4.78, 5) is 53.7.